The summed E-state index contributed by atoms with van der Waals surface area (Å²) in [7, 11) is 0. The molecule has 76 valence electrons. The van der Waals surface area contributed by atoms with Crippen molar-refractivity contribution >= 4 is 5.91 Å². The highest BCUT2D eigenvalue weighted by Crippen LogP contribution is 2.24. The van der Waals surface area contributed by atoms with Crippen molar-refractivity contribution in [1.82, 2.24) is 4.98 Å². The maximum atomic E-state index is 13.2. The molecule has 1 heterocycles. The van der Waals surface area contributed by atoms with Gasteiger partial charge in [0.15, 0.2) is 0 Å². The van der Waals surface area contributed by atoms with Gasteiger partial charge in [-0.1, -0.05) is 0 Å². The molecular weight excluding hydrogens is 197 g/mol. The Morgan fingerprint density at radius 2 is 2.14 bits per heavy atom. The third-order valence-electron chi connectivity index (χ3n) is 1.71. The van der Waals surface area contributed by atoms with Crippen LogP contribution in [0.25, 0.3) is 0 Å². The third-order valence-corrected chi connectivity index (χ3v) is 1.71. The van der Waals surface area contributed by atoms with E-state index in [1.165, 1.54) is 6.92 Å². The van der Waals surface area contributed by atoms with Crippen molar-refractivity contribution in [3.8, 4) is 0 Å². The molecule has 0 aliphatic heterocycles. The fourth-order valence-corrected chi connectivity index (χ4v) is 1.03. The summed E-state index contributed by atoms with van der Waals surface area (Å²) in [5.74, 6) is -2.39. The first-order valence-corrected chi connectivity index (χ1v) is 3.68. The van der Waals surface area contributed by atoms with E-state index in [0.29, 0.717) is 6.20 Å². The molecule has 0 aliphatic carbocycles. The number of amides is 1. The summed E-state index contributed by atoms with van der Waals surface area (Å²) in [6.45, 7) is 1.32. The molecule has 0 spiro atoms. The van der Waals surface area contributed by atoms with Crippen LogP contribution >= 0.6 is 0 Å². The topological polar surface area (TPSA) is 56.0 Å². The highest BCUT2D eigenvalue weighted by molar-refractivity contribution is 5.94. The lowest BCUT2D eigenvalue weighted by Gasteiger charge is -2.06. The Morgan fingerprint density at radius 1 is 1.57 bits per heavy atom. The minimum absolute atomic E-state index is 0.000556. The Balaban J connectivity index is 3.41. The smallest absolute Gasteiger partial charge is 0.268 e. The number of hydrogen-bond donors (Lipinski definition) is 1. The van der Waals surface area contributed by atoms with Gasteiger partial charge in [0, 0.05) is 6.20 Å². The van der Waals surface area contributed by atoms with Crippen molar-refractivity contribution in [2.24, 2.45) is 5.73 Å². The standard InChI is InChI=1S/C8H7F3N2O/c1-3-5(8(12)14)6(9)4(2-13-3)7(10)11/h2,7H,1H3,(H2,12,14). The number of aromatic nitrogens is 1. The SMILES string of the molecule is Cc1ncc(C(F)F)c(F)c1C(N)=O. The van der Waals surface area contributed by atoms with Gasteiger partial charge in [0.2, 0.25) is 0 Å². The fourth-order valence-electron chi connectivity index (χ4n) is 1.03. The number of rotatable bonds is 2. The van der Waals surface area contributed by atoms with Gasteiger partial charge in [0.05, 0.1) is 16.8 Å². The minimum Gasteiger partial charge on any atom is -0.365 e. The minimum atomic E-state index is -3.01. The number of halogens is 3. The summed E-state index contributed by atoms with van der Waals surface area (Å²) < 4.78 is 37.6. The van der Waals surface area contributed by atoms with Gasteiger partial charge in [-0.05, 0) is 6.92 Å². The zero-order chi connectivity index (χ0) is 10.9. The largest absolute Gasteiger partial charge is 0.365 e. The number of alkyl halides is 2. The predicted octanol–water partition coefficient (Wildman–Crippen LogP) is 1.57. The molecule has 0 saturated heterocycles. The number of hydrogen-bond acceptors (Lipinski definition) is 2. The van der Waals surface area contributed by atoms with Crippen molar-refractivity contribution < 1.29 is 18.0 Å². The number of carbonyl (C=O) groups excluding carboxylic acids is 1. The molecule has 1 rings (SSSR count). The number of pyridine rings is 1. The van der Waals surface area contributed by atoms with Crippen molar-refractivity contribution in [2.45, 2.75) is 13.3 Å². The second-order valence-electron chi connectivity index (χ2n) is 2.65. The maximum absolute atomic E-state index is 13.2. The lowest BCUT2D eigenvalue weighted by molar-refractivity contribution is 0.0993. The van der Waals surface area contributed by atoms with Gasteiger partial charge in [-0.15, -0.1) is 0 Å². The molecule has 3 nitrogen and oxygen atoms in total. The molecule has 14 heavy (non-hydrogen) atoms. The van der Waals surface area contributed by atoms with Gasteiger partial charge in [-0.2, -0.15) is 0 Å². The summed E-state index contributed by atoms with van der Waals surface area (Å²) in [6.07, 6.45) is -2.32. The number of aryl methyl sites for hydroxylation is 1. The zero-order valence-electron chi connectivity index (χ0n) is 7.22. The normalized spacial score (nSPS) is 10.6. The van der Waals surface area contributed by atoms with Gasteiger partial charge in [0.25, 0.3) is 12.3 Å². The van der Waals surface area contributed by atoms with Crippen molar-refractivity contribution in [3.63, 3.8) is 0 Å². The van der Waals surface area contributed by atoms with E-state index in [1.807, 2.05) is 0 Å². The Labute approximate surface area is 77.7 Å². The van der Waals surface area contributed by atoms with Gasteiger partial charge in [0.1, 0.15) is 5.82 Å². The number of nitrogens with two attached hydrogens (primary N) is 1. The van der Waals surface area contributed by atoms with Crippen LogP contribution in [0.3, 0.4) is 0 Å². The van der Waals surface area contributed by atoms with Crippen LogP contribution < -0.4 is 5.73 Å². The average Bonchev–Trinajstić information content (AvgIpc) is 2.02. The quantitative estimate of drug-likeness (QED) is 0.794. The van der Waals surface area contributed by atoms with E-state index >= 15 is 0 Å². The second kappa shape index (κ2) is 3.65. The molecule has 0 saturated carbocycles. The van der Waals surface area contributed by atoms with Crippen molar-refractivity contribution in [2.75, 3.05) is 0 Å². The molecule has 0 bridgehead atoms. The van der Waals surface area contributed by atoms with E-state index in [0.717, 1.165) is 0 Å². The lowest BCUT2D eigenvalue weighted by Crippen LogP contribution is -2.17. The molecule has 0 fully saturated rings. The monoisotopic (exact) mass is 204 g/mol. The fraction of sp³-hybridized carbons (Fsp3) is 0.250. The Kier molecular flexibility index (Phi) is 2.73. The Hall–Kier alpha value is -1.59. The van der Waals surface area contributed by atoms with Crippen molar-refractivity contribution in [3.05, 3.63) is 28.8 Å². The highest BCUT2D eigenvalue weighted by Gasteiger charge is 2.21. The zero-order valence-corrected chi connectivity index (χ0v) is 7.22. The van der Waals surface area contributed by atoms with Crippen molar-refractivity contribution in [1.29, 1.82) is 0 Å². The van der Waals surface area contributed by atoms with Crippen LogP contribution in [0.1, 0.15) is 28.0 Å². The first-order chi connectivity index (χ1) is 6.45. The van der Waals surface area contributed by atoms with E-state index in [1.54, 1.807) is 0 Å². The van der Waals surface area contributed by atoms with Gasteiger partial charge >= 0.3 is 0 Å². The molecule has 0 radical (unpaired) electrons. The first-order valence-electron chi connectivity index (χ1n) is 3.68. The molecular formula is C8H7F3N2O. The van der Waals surface area contributed by atoms with E-state index in [-0.39, 0.29) is 5.69 Å². The van der Waals surface area contributed by atoms with Gasteiger partial charge in [-0.3, -0.25) is 9.78 Å². The summed E-state index contributed by atoms with van der Waals surface area (Å²) in [4.78, 5) is 14.2. The van der Waals surface area contributed by atoms with Crippen LogP contribution in [0.4, 0.5) is 13.2 Å². The van der Waals surface area contributed by atoms with Gasteiger partial charge in [-0.25, -0.2) is 13.2 Å². The average molecular weight is 204 g/mol. The van der Waals surface area contributed by atoms with E-state index in [9.17, 15) is 18.0 Å². The van der Waals surface area contributed by atoms with Crippen LogP contribution in [0.5, 0.6) is 0 Å². The molecule has 0 unspecified atom stereocenters. The third kappa shape index (κ3) is 1.68. The predicted molar refractivity (Wildman–Crippen MR) is 42.4 cm³/mol. The number of primary amides is 1. The molecule has 6 heteroatoms. The van der Waals surface area contributed by atoms with Crippen LogP contribution in [-0.4, -0.2) is 10.9 Å². The molecule has 1 aromatic heterocycles. The van der Waals surface area contributed by atoms with Crippen LogP contribution in [-0.2, 0) is 0 Å². The van der Waals surface area contributed by atoms with Gasteiger partial charge < -0.3 is 5.73 Å². The maximum Gasteiger partial charge on any atom is 0.268 e. The number of nitrogens with zero attached hydrogens (tertiary/aromatic N) is 1. The molecule has 0 atom stereocenters. The summed E-state index contributed by atoms with van der Waals surface area (Å²) in [5, 5.41) is 0. The van der Waals surface area contributed by atoms with E-state index in [2.05, 4.69) is 4.98 Å². The molecule has 0 aromatic carbocycles. The van der Waals surface area contributed by atoms with Crippen LogP contribution in [0.2, 0.25) is 0 Å². The Bertz CT molecular complexity index is 379. The van der Waals surface area contributed by atoms with Crippen LogP contribution in [0, 0.1) is 12.7 Å². The molecule has 0 aliphatic rings. The molecule has 1 aromatic rings. The van der Waals surface area contributed by atoms with Crippen LogP contribution in [0.15, 0.2) is 6.20 Å². The number of carbonyl (C=O) groups is 1. The molecule has 1 amide bonds. The summed E-state index contributed by atoms with van der Waals surface area (Å²) in [5.41, 5.74) is 3.33. The van der Waals surface area contributed by atoms with E-state index < -0.39 is 29.3 Å². The molecule has 2 N–H and O–H groups in total. The summed E-state index contributed by atoms with van der Waals surface area (Å²) >= 11 is 0. The lowest BCUT2D eigenvalue weighted by atomic mass is 10.1. The van der Waals surface area contributed by atoms with E-state index in [4.69, 9.17) is 5.73 Å². The summed E-state index contributed by atoms with van der Waals surface area (Å²) in [6, 6.07) is 0. The first kappa shape index (κ1) is 10.5. The second-order valence-corrected chi connectivity index (χ2v) is 2.65. The highest BCUT2D eigenvalue weighted by atomic mass is 19.3. The Morgan fingerprint density at radius 3 is 2.57 bits per heavy atom.